The Kier molecular flexibility index (Phi) is 6.15. The maximum Gasteiger partial charge on any atom is 0.262 e. The molecule has 0 radical (unpaired) electrons. The predicted octanol–water partition coefficient (Wildman–Crippen LogP) is 3.58. The minimum absolute atomic E-state index is 0.00821. The van der Waals surface area contributed by atoms with Gasteiger partial charge in [-0.15, -0.1) is 5.10 Å². The van der Waals surface area contributed by atoms with Crippen LogP contribution in [0.3, 0.4) is 0 Å². The van der Waals surface area contributed by atoms with E-state index in [0.717, 1.165) is 33.6 Å². The van der Waals surface area contributed by atoms with E-state index in [9.17, 15) is 10.1 Å². The molecule has 1 aliphatic heterocycles. The second-order valence-corrected chi connectivity index (χ2v) is 8.06. The lowest BCUT2D eigenvalue weighted by Gasteiger charge is -2.24. The number of rotatable bonds is 6. The predicted molar refractivity (Wildman–Crippen MR) is 126 cm³/mol. The first-order chi connectivity index (χ1) is 16.3. The number of nitrogens with one attached hydrogen (secondary N) is 2. The molecule has 1 aromatic heterocycles. The third-order valence-electron chi connectivity index (χ3n) is 5.67. The summed E-state index contributed by atoms with van der Waals surface area (Å²) in [5, 5.41) is 19.6. The molecular formula is C25H25N5O4. The molecule has 0 fully saturated rings. The van der Waals surface area contributed by atoms with Gasteiger partial charge in [0.05, 0.1) is 13.0 Å². The molecule has 2 heterocycles. The maximum absolute atomic E-state index is 12.4. The molecule has 0 saturated heterocycles. The van der Waals surface area contributed by atoms with E-state index in [1.807, 2.05) is 39.0 Å². The van der Waals surface area contributed by atoms with Crippen LogP contribution in [-0.4, -0.2) is 29.8 Å². The first-order valence-corrected chi connectivity index (χ1v) is 10.6. The van der Waals surface area contributed by atoms with E-state index < -0.39 is 5.92 Å². The van der Waals surface area contributed by atoms with Crippen LogP contribution in [0.5, 0.6) is 17.4 Å². The number of nitriles is 1. The molecule has 4 rings (SSSR count). The number of fused-ring (bicyclic) bond motifs is 1. The van der Waals surface area contributed by atoms with Crippen molar-refractivity contribution in [3.05, 3.63) is 75.8 Å². The number of aryl methyl sites for hydroxylation is 3. The quantitative estimate of drug-likeness (QED) is 0.513. The highest BCUT2D eigenvalue weighted by Crippen LogP contribution is 2.44. The fourth-order valence-electron chi connectivity index (χ4n) is 4.00. The third-order valence-corrected chi connectivity index (χ3v) is 5.67. The monoisotopic (exact) mass is 459 g/mol. The van der Waals surface area contributed by atoms with Gasteiger partial charge >= 0.3 is 0 Å². The third kappa shape index (κ3) is 4.26. The lowest BCUT2D eigenvalue weighted by molar-refractivity contribution is -0.118. The number of hydrogen-bond donors (Lipinski definition) is 3. The van der Waals surface area contributed by atoms with Crippen molar-refractivity contribution in [2.24, 2.45) is 5.73 Å². The van der Waals surface area contributed by atoms with Crippen LogP contribution < -0.4 is 25.3 Å². The van der Waals surface area contributed by atoms with Crippen molar-refractivity contribution in [3.8, 4) is 23.4 Å². The van der Waals surface area contributed by atoms with Crippen LogP contribution in [-0.2, 0) is 4.79 Å². The zero-order chi connectivity index (χ0) is 24.4. The number of carbonyl (C=O) groups is 1. The van der Waals surface area contributed by atoms with E-state index in [1.54, 1.807) is 18.2 Å². The highest BCUT2D eigenvalue weighted by molar-refractivity contribution is 5.92. The van der Waals surface area contributed by atoms with Crippen molar-refractivity contribution in [2.45, 2.75) is 26.7 Å². The number of H-pyrrole nitrogens is 1. The van der Waals surface area contributed by atoms with Gasteiger partial charge in [0.25, 0.3) is 5.91 Å². The number of ether oxygens (including phenoxy) is 3. The fraction of sp³-hybridized carbons (Fsp3) is 0.240. The minimum atomic E-state index is -0.483. The summed E-state index contributed by atoms with van der Waals surface area (Å²) in [6.45, 7) is 5.59. The molecule has 1 aliphatic rings. The van der Waals surface area contributed by atoms with E-state index in [0.29, 0.717) is 17.4 Å². The van der Waals surface area contributed by atoms with Crippen LogP contribution in [0.1, 0.15) is 33.9 Å². The number of nitrogens with zero attached hydrogens (tertiary/aromatic N) is 2. The Morgan fingerprint density at radius 3 is 2.74 bits per heavy atom. The van der Waals surface area contributed by atoms with Crippen molar-refractivity contribution < 1.29 is 19.0 Å². The van der Waals surface area contributed by atoms with Crippen LogP contribution >= 0.6 is 0 Å². The van der Waals surface area contributed by atoms with Crippen molar-refractivity contribution in [3.63, 3.8) is 0 Å². The van der Waals surface area contributed by atoms with Crippen LogP contribution in [0.15, 0.2) is 47.9 Å². The number of carbonyl (C=O) groups excluding carboxylic acids is 1. The molecule has 1 atom stereocenters. The zero-order valence-corrected chi connectivity index (χ0v) is 19.4. The summed E-state index contributed by atoms with van der Waals surface area (Å²) in [5.74, 6) is 0.387. The average Bonchev–Trinajstić information content (AvgIpc) is 3.18. The summed E-state index contributed by atoms with van der Waals surface area (Å²) >= 11 is 0. The summed E-state index contributed by atoms with van der Waals surface area (Å²) in [7, 11) is 1.51. The lowest BCUT2D eigenvalue weighted by Crippen LogP contribution is -2.21. The highest BCUT2D eigenvalue weighted by Gasteiger charge is 2.34. The summed E-state index contributed by atoms with van der Waals surface area (Å²) < 4.78 is 16.8. The SMILES string of the molecule is COc1cc(C2C(C#N)=C(N)Oc3n[nH]c(C)c32)ccc1OCC(=O)Nc1ccc(C)cc1C. The van der Waals surface area contributed by atoms with Crippen molar-refractivity contribution in [1.29, 1.82) is 5.26 Å². The van der Waals surface area contributed by atoms with Crippen LogP contribution in [0.25, 0.3) is 0 Å². The van der Waals surface area contributed by atoms with E-state index in [2.05, 4.69) is 21.6 Å². The van der Waals surface area contributed by atoms with Gasteiger partial charge in [0.2, 0.25) is 11.8 Å². The molecule has 0 saturated carbocycles. The molecule has 0 spiro atoms. The Hall–Kier alpha value is -4.45. The molecule has 174 valence electrons. The molecule has 9 nitrogen and oxygen atoms in total. The van der Waals surface area contributed by atoms with E-state index in [4.69, 9.17) is 19.9 Å². The first kappa shape index (κ1) is 22.7. The van der Waals surface area contributed by atoms with Gasteiger partial charge in [-0.2, -0.15) is 5.26 Å². The number of allylic oxidation sites excluding steroid dienone is 1. The number of anilines is 1. The largest absolute Gasteiger partial charge is 0.493 e. The molecule has 4 N–H and O–H groups in total. The average molecular weight is 460 g/mol. The Morgan fingerprint density at radius 1 is 1.24 bits per heavy atom. The van der Waals surface area contributed by atoms with Crippen molar-refractivity contribution >= 4 is 11.6 Å². The lowest BCUT2D eigenvalue weighted by atomic mass is 9.84. The standard InChI is InChI=1S/C25H25N5O4/c1-13-5-7-18(14(2)9-13)28-21(31)12-33-19-8-6-16(10-20(19)32-4)23-17(11-26)24(27)34-25-22(23)15(3)29-30-25/h5-10,23H,12,27H2,1-4H3,(H,28,31)(H,29,30). The number of amides is 1. The summed E-state index contributed by atoms with van der Waals surface area (Å²) in [5.41, 5.74) is 11.3. The molecule has 1 amide bonds. The van der Waals surface area contributed by atoms with Crippen LogP contribution in [0, 0.1) is 32.1 Å². The second-order valence-electron chi connectivity index (χ2n) is 8.06. The number of hydrogen-bond acceptors (Lipinski definition) is 7. The summed E-state index contributed by atoms with van der Waals surface area (Å²) in [6.07, 6.45) is 0. The molecule has 3 aromatic rings. The first-order valence-electron chi connectivity index (χ1n) is 10.6. The number of methoxy groups -OCH3 is 1. The minimum Gasteiger partial charge on any atom is -0.493 e. The summed E-state index contributed by atoms with van der Waals surface area (Å²) in [4.78, 5) is 12.4. The van der Waals surface area contributed by atoms with Crippen molar-refractivity contribution in [1.82, 2.24) is 10.2 Å². The fourth-order valence-corrected chi connectivity index (χ4v) is 4.00. The Morgan fingerprint density at radius 2 is 2.03 bits per heavy atom. The Balaban J connectivity index is 1.56. The number of aromatic nitrogens is 2. The summed E-state index contributed by atoms with van der Waals surface area (Å²) in [6, 6.07) is 13.2. The van der Waals surface area contributed by atoms with Gasteiger partial charge in [0.1, 0.15) is 11.6 Å². The molecule has 1 unspecified atom stereocenters. The van der Waals surface area contributed by atoms with Gasteiger partial charge in [-0.25, -0.2) is 0 Å². The molecule has 34 heavy (non-hydrogen) atoms. The van der Waals surface area contributed by atoms with E-state index in [-0.39, 0.29) is 24.0 Å². The number of aromatic amines is 1. The van der Waals surface area contributed by atoms with Gasteiger partial charge in [0.15, 0.2) is 18.1 Å². The zero-order valence-electron chi connectivity index (χ0n) is 19.4. The molecule has 0 bridgehead atoms. The topological polar surface area (TPSA) is 135 Å². The van der Waals surface area contributed by atoms with Crippen LogP contribution in [0.2, 0.25) is 0 Å². The van der Waals surface area contributed by atoms with E-state index in [1.165, 1.54) is 7.11 Å². The van der Waals surface area contributed by atoms with Gasteiger partial charge in [-0.3, -0.25) is 9.89 Å². The Bertz CT molecular complexity index is 1340. The van der Waals surface area contributed by atoms with Gasteiger partial charge in [-0.05, 0) is 50.1 Å². The normalized spacial score (nSPS) is 14.6. The van der Waals surface area contributed by atoms with Gasteiger partial charge in [-0.1, -0.05) is 23.8 Å². The smallest absolute Gasteiger partial charge is 0.262 e. The number of nitrogens with two attached hydrogens (primary N) is 1. The van der Waals surface area contributed by atoms with Gasteiger partial charge < -0.3 is 25.3 Å². The molecule has 9 heteroatoms. The van der Waals surface area contributed by atoms with Gasteiger partial charge in [0, 0.05) is 16.9 Å². The van der Waals surface area contributed by atoms with Crippen molar-refractivity contribution in [2.75, 3.05) is 19.0 Å². The molecule has 2 aromatic carbocycles. The molecular weight excluding hydrogens is 434 g/mol. The second kappa shape index (κ2) is 9.19. The highest BCUT2D eigenvalue weighted by atomic mass is 16.5. The van der Waals surface area contributed by atoms with Crippen LogP contribution in [0.4, 0.5) is 5.69 Å². The Labute approximate surface area is 197 Å². The molecule has 0 aliphatic carbocycles. The van der Waals surface area contributed by atoms with E-state index >= 15 is 0 Å². The maximum atomic E-state index is 12.4. The number of benzene rings is 2.